The van der Waals surface area contributed by atoms with Gasteiger partial charge in [-0.2, -0.15) is 5.26 Å². The number of rotatable bonds is 7. The largest absolute Gasteiger partial charge is 0.235 e. The average molecular weight is 371 g/mol. The number of nitrogens with zero attached hydrogens (tertiary/aromatic N) is 2. The van der Waals surface area contributed by atoms with Crippen LogP contribution in [0.1, 0.15) is 35.9 Å². The van der Waals surface area contributed by atoms with Crippen molar-refractivity contribution in [2.24, 2.45) is 0 Å². The maximum Gasteiger partial charge on any atom is 0.134 e. The summed E-state index contributed by atoms with van der Waals surface area (Å²) in [4.78, 5) is 4.66. The number of benzene rings is 2. The minimum atomic E-state index is 0.581. The van der Waals surface area contributed by atoms with Gasteiger partial charge in [0.1, 0.15) is 11.1 Å². The van der Waals surface area contributed by atoms with E-state index in [2.05, 4.69) is 42.2 Å². The van der Waals surface area contributed by atoms with Crippen LogP contribution >= 0.6 is 11.3 Å². The third-order valence-electron chi connectivity index (χ3n) is 4.27. The highest BCUT2D eigenvalue weighted by atomic mass is 32.1. The van der Waals surface area contributed by atoms with E-state index in [4.69, 9.17) is 0 Å². The molecule has 1 aromatic heterocycles. The summed E-state index contributed by atoms with van der Waals surface area (Å²) >= 11 is 1.51. The molecule has 0 bridgehead atoms. The van der Waals surface area contributed by atoms with Crippen LogP contribution in [0.25, 0.3) is 22.9 Å². The lowest BCUT2D eigenvalue weighted by Crippen LogP contribution is -1.86. The number of hydrogen-bond acceptors (Lipinski definition) is 3. The van der Waals surface area contributed by atoms with Crippen LogP contribution in [0, 0.1) is 11.3 Å². The zero-order valence-electron chi connectivity index (χ0n) is 15.4. The monoisotopic (exact) mass is 370 g/mol. The van der Waals surface area contributed by atoms with E-state index in [9.17, 15) is 5.26 Å². The number of allylic oxidation sites excluding steroid dienone is 3. The molecule has 3 aromatic rings. The molecule has 3 rings (SSSR count). The summed E-state index contributed by atoms with van der Waals surface area (Å²) in [5, 5.41) is 12.3. The van der Waals surface area contributed by atoms with E-state index < -0.39 is 0 Å². The van der Waals surface area contributed by atoms with E-state index in [1.165, 1.54) is 29.7 Å². The number of aryl methyl sites for hydroxylation is 1. The first-order valence-corrected chi connectivity index (χ1v) is 10.1. The summed E-state index contributed by atoms with van der Waals surface area (Å²) < 4.78 is 0. The Morgan fingerprint density at radius 3 is 2.59 bits per heavy atom. The van der Waals surface area contributed by atoms with E-state index in [1.54, 1.807) is 0 Å². The first-order chi connectivity index (χ1) is 13.3. The number of hydrogen-bond donors (Lipinski definition) is 0. The van der Waals surface area contributed by atoms with Crippen molar-refractivity contribution in [3.05, 3.63) is 88.3 Å². The summed E-state index contributed by atoms with van der Waals surface area (Å²) in [7, 11) is 0. The number of nitriles is 1. The Morgan fingerprint density at radius 2 is 1.89 bits per heavy atom. The van der Waals surface area contributed by atoms with E-state index in [-0.39, 0.29) is 0 Å². The predicted octanol–water partition coefficient (Wildman–Crippen LogP) is 6.77. The lowest BCUT2D eigenvalue weighted by Gasteiger charge is -2.01. The van der Waals surface area contributed by atoms with Crippen LogP contribution in [-0.2, 0) is 6.42 Å². The smallest absolute Gasteiger partial charge is 0.134 e. The fraction of sp³-hybridized carbons (Fsp3) is 0.167. The second-order valence-electron chi connectivity index (χ2n) is 6.30. The Labute approximate surface area is 165 Å². The Bertz CT molecular complexity index is 958. The first kappa shape index (κ1) is 18.8. The molecule has 3 heteroatoms. The van der Waals surface area contributed by atoms with Gasteiger partial charge in [-0.15, -0.1) is 11.3 Å². The van der Waals surface area contributed by atoms with Crippen molar-refractivity contribution in [2.75, 3.05) is 0 Å². The highest BCUT2D eigenvalue weighted by molar-refractivity contribution is 7.11. The van der Waals surface area contributed by atoms with E-state index in [1.807, 2.05) is 53.9 Å². The van der Waals surface area contributed by atoms with Crippen LogP contribution < -0.4 is 0 Å². The molecule has 0 fully saturated rings. The maximum absolute atomic E-state index is 9.49. The van der Waals surface area contributed by atoms with Crippen LogP contribution in [-0.4, -0.2) is 4.98 Å². The van der Waals surface area contributed by atoms with E-state index in [0.29, 0.717) is 5.57 Å². The summed E-state index contributed by atoms with van der Waals surface area (Å²) in [6, 6.07) is 20.9. The molecule has 1 heterocycles. The molecule has 134 valence electrons. The van der Waals surface area contributed by atoms with Crippen molar-refractivity contribution in [1.29, 1.82) is 5.26 Å². The average Bonchev–Trinajstić information content (AvgIpc) is 3.21. The lowest BCUT2D eigenvalue weighted by atomic mass is 10.1. The molecule has 0 atom stereocenters. The van der Waals surface area contributed by atoms with Crippen LogP contribution in [0.2, 0.25) is 0 Å². The SMILES string of the molecule is CCCCc1ccc(-c2csc(/C(C#N)=C\C=C/c3ccccc3)n2)cc1. The normalized spacial score (nSPS) is 11.6. The van der Waals surface area contributed by atoms with Gasteiger partial charge in [-0.1, -0.05) is 80.1 Å². The molecular formula is C24H22N2S. The molecule has 0 amide bonds. The van der Waals surface area contributed by atoms with Gasteiger partial charge >= 0.3 is 0 Å². The molecule has 0 aliphatic carbocycles. The van der Waals surface area contributed by atoms with Gasteiger partial charge in [-0.05, 0) is 30.0 Å². The van der Waals surface area contributed by atoms with Crippen LogP contribution in [0.3, 0.4) is 0 Å². The van der Waals surface area contributed by atoms with Gasteiger partial charge in [0.05, 0.1) is 11.3 Å². The molecule has 0 saturated carbocycles. The van der Waals surface area contributed by atoms with Gasteiger partial charge in [0.25, 0.3) is 0 Å². The molecule has 0 aliphatic heterocycles. The summed E-state index contributed by atoms with van der Waals surface area (Å²) in [5.41, 5.74) is 5.06. The molecular weight excluding hydrogens is 348 g/mol. The molecule has 27 heavy (non-hydrogen) atoms. The number of aromatic nitrogens is 1. The van der Waals surface area contributed by atoms with Crippen molar-refractivity contribution in [3.8, 4) is 17.3 Å². The maximum atomic E-state index is 9.49. The molecule has 2 nitrogen and oxygen atoms in total. The molecule has 0 unspecified atom stereocenters. The molecule has 0 saturated heterocycles. The fourth-order valence-corrected chi connectivity index (χ4v) is 3.53. The number of thiazole rings is 1. The third kappa shape index (κ3) is 5.26. The number of unbranched alkanes of at least 4 members (excludes halogenated alkanes) is 1. The van der Waals surface area contributed by atoms with Crippen molar-refractivity contribution < 1.29 is 0 Å². The topological polar surface area (TPSA) is 36.7 Å². The highest BCUT2D eigenvalue weighted by Crippen LogP contribution is 2.26. The second-order valence-corrected chi connectivity index (χ2v) is 7.16. The molecule has 2 aromatic carbocycles. The quantitative estimate of drug-likeness (QED) is 0.340. The Hall–Kier alpha value is -2.96. The van der Waals surface area contributed by atoms with Crippen molar-refractivity contribution in [3.63, 3.8) is 0 Å². The van der Waals surface area contributed by atoms with Gasteiger partial charge in [0.15, 0.2) is 0 Å². The molecule has 0 aliphatic rings. The summed E-state index contributed by atoms with van der Waals surface area (Å²) in [6.45, 7) is 2.21. The van der Waals surface area contributed by atoms with Gasteiger partial charge in [-0.25, -0.2) is 4.98 Å². The second kappa shape index (κ2) is 9.66. The molecule has 0 spiro atoms. The minimum absolute atomic E-state index is 0.581. The minimum Gasteiger partial charge on any atom is -0.235 e. The van der Waals surface area contributed by atoms with Gasteiger partial charge in [0.2, 0.25) is 0 Å². The van der Waals surface area contributed by atoms with E-state index in [0.717, 1.165) is 28.2 Å². The Balaban J connectivity index is 1.74. The predicted molar refractivity (Wildman–Crippen MR) is 115 cm³/mol. The lowest BCUT2D eigenvalue weighted by molar-refractivity contribution is 0.795. The van der Waals surface area contributed by atoms with Crippen molar-refractivity contribution in [2.45, 2.75) is 26.2 Å². The van der Waals surface area contributed by atoms with Gasteiger partial charge in [0, 0.05) is 10.9 Å². The Kier molecular flexibility index (Phi) is 6.73. The van der Waals surface area contributed by atoms with E-state index >= 15 is 0 Å². The van der Waals surface area contributed by atoms with Gasteiger partial charge < -0.3 is 0 Å². The Morgan fingerprint density at radius 1 is 1.11 bits per heavy atom. The van der Waals surface area contributed by atoms with Gasteiger partial charge in [-0.3, -0.25) is 0 Å². The summed E-state index contributed by atoms with van der Waals surface area (Å²) in [5.74, 6) is 0. The van der Waals surface area contributed by atoms with Crippen LogP contribution in [0.5, 0.6) is 0 Å². The van der Waals surface area contributed by atoms with Crippen LogP contribution in [0.15, 0.2) is 72.1 Å². The highest BCUT2D eigenvalue weighted by Gasteiger charge is 2.08. The first-order valence-electron chi connectivity index (χ1n) is 9.19. The van der Waals surface area contributed by atoms with Crippen molar-refractivity contribution in [1.82, 2.24) is 4.98 Å². The molecule has 0 N–H and O–H groups in total. The third-order valence-corrected chi connectivity index (χ3v) is 5.15. The summed E-state index contributed by atoms with van der Waals surface area (Å²) in [6.07, 6.45) is 9.25. The van der Waals surface area contributed by atoms with Crippen LogP contribution in [0.4, 0.5) is 0 Å². The molecule has 0 radical (unpaired) electrons. The fourth-order valence-electron chi connectivity index (χ4n) is 2.73. The standard InChI is InChI=1S/C24H22N2S/c1-2-3-8-20-13-15-21(16-14-20)23-18-27-24(26-23)22(17-25)12-7-11-19-9-5-4-6-10-19/h4-7,9-16,18H,2-3,8H2,1H3/b11-7-,22-12-. The van der Waals surface area contributed by atoms with Crippen molar-refractivity contribution >= 4 is 23.0 Å². The zero-order chi connectivity index (χ0) is 18.9. The zero-order valence-corrected chi connectivity index (χ0v) is 16.2.